The lowest BCUT2D eigenvalue weighted by atomic mass is 10.0. The van der Waals surface area contributed by atoms with Crippen LogP contribution in [0, 0.1) is 0 Å². The van der Waals surface area contributed by atoms with E-state index in [1.165, 1.54) is 0 Å². The summed E-state index contributed by atoms with van der Waals surface area (Å²) in [5, 5.41) is 0. The third-order valence-corrected chi connectivity index (χ3v) is 1.88. The van der Waals surface area contributed by atoms with Crippen molar-refractivity contribution in [3.05, 3.63) is 23.9 Å². The zero-order chi connectivity index (χ0) is 9.68. The molecule has 0 spiro atoms. The van der Waals surface area contributed by atoms with Gasteiger partial charge in [-0.3, -0.25) is 0 Å². The number of rotatable bonds is 4. The fourth-order valence-corrected chi connectivity index (χ4v) is 1.08. The van der Waals surface area contributed by atoms with Crippen LogP contribution in [0.5, 0.6) is 5.88 Å². The zero-order valence-corrected chi connectivity index (χ0v) is 7.86. The lowest BCUT2D eigenvalue weighted by Gasteiger charge is -2.10. The summed E-state index contributed by atoms with van der Waals surface area (Å²) in [7, 11) is 1.59. The Bertz CT molecular complexity index is 266. The second kappa shape index (κ2) is 4.79. The fourth-order valence-electron chi connectivity index (χ4n) is 1.08. The molecule has 1 rings (SSSR count). The first-order chi connectivity index (χ1) is 6.27. The summed E-state index contributed by atoms with van der Waals surface area (Å²) in [5.74, 6) is 5.85. The van der Waals surface area contributed by atoms with Gasteiger partial charge in [0.05, 0.1) is 13.7 Å². The third-order valence-electron chi connectivity index (χ3n) is 1.88. The first kappa shape index (κ1) is 9.95. The normalized spacial score (nSPS) is 12.5. The highest BCUT2D eigenvalue weighted by molar-refractivity contribution is 5.23. The molecule has 0 aromatic carbocycles. The van der Waals surface area contributed by atoms with Crippen molar-refractivity contribution in [3.63, 3.8) is 0 Å². The Morgan fingerprint density at radius 1 is 1.62 bits per heavy atom. The average molecular weight is 182 g/mol. The number of hydrogen-bond acceptors (Lipinski definition) is 4. The molecule has 0 fully saturated rings. The van der Waals surface area contributed by atoms with Crippen molar-refractivity contribution in [2.24, 2.45) is 5.90 Å². The molecule has 0 aliphatic carbocycles. The van der Waals surface area contributed by atoms with Gasteiger partial charge in [0.2, 0.25) is 5.88 Å². The molecule has 1 heterocycles. The van der Waals surface area contributed by atoms with E-state index in [4.69, 9.17) is 10.6 Å². The number of aromatic nitrogens is 1. The number of nitrogens with zero attached hydrogens (tertiary/aromatic N) is 1. The van der Waals surface area contributed by atoms with Gasteiger partial charge >= 0.3 is 0 Å². The van der Waals surface area contributed by atoms with Crippen LogP contribution in [0.4, 0.5) is 0 Å². The predicted octanol–water partition coefficient (Wildman–Crippen LogP) is 1.08. The van der Waals surface area contributed by atoms with Gasteiger partial charge in [-0.2, -0.15) is 0 Å². The Morgan fingerprint density at radius 3 is 3.00 bits per heavy atom. The number of hydrogen-bond donors (Lipinski definition) is 1. The minimum absolute atomic E-state index is 0.252. The van der Waals surface area contributed by atoms with Crippen LogP contribution in [0.25, 0.3) is 0 Å². The molecule has 13 heavy (non-hydrogen) atoms. The molecule has 4 nitrogen and oxygen atoms in total. The molecule has 0 amide bonds. The summed E-state index contributed by atoms with van der Waals surface area (Å²) in [4.78, 5) is 8.58. The van der Waals surface area contributed by atoms with Gasteiger partial charge in [0.1, 0.15) is 0 Å². The van der Waals surface area contributed by atoms with Crippen LogP contribution in [0.15, 0.2) is 18.3 Å². The molecule has 4 heteroatoms. The zero-order valence-electron chi connectivity index (χ0n) is 7.86. The minimum Gasteiger partial charge on any atom is -0.481 e. The van der Waals surface area contributed by atoms with Gasteiger partial charge in [0.15, 0.2) is 0 Å². The molecule has 0 aliphatic heterocycles. The highest BCUT2D eigenvalue weighted by atomic mass is 16.6. The van der Waals surface area contributed by atoms with Crippen molar-refractivity contribution in [1.82, 2.24) is 4.98 Å². The number of nitrogens with two attached hydrogens (primary N) is 1. The van der Waals surface area contributed by atoms with Crippen LogP contribution in [-0.4, -0.2) is 18.7 Å². The van der Waals surface area contributed by atoms with Crippen LogP contribution in [0.3, 0.4) is 0 Å². The fraction of sp³-hybridized carbons (Fsp3) is 0.444. The molecule has 1 aromatic rings. The molecule has 0 saturated carbocycles. The minimum atomic E-state index is 0.252. The van der Waals surface area contributed by atoms with E-state index in [1.807, 2.05) is 19.1 Å². The number of pyridine rings is 1. The van der Waals surface area contributed by atoms with Crippen molar-refractivity contribution in [1.29, 1.82) is 0 Å². The summed E-state index contributed by atoms with van der Waals surface area (Å²) < 4.78 is 5.00. The summed E-state index contributed by atoms with van der Waals surface area (Å²) >= 11 is 0. The van der Waals surface area contributed by atoms with Gasteiger partial charge < -0.3 is 9.57 Å². The summed E-state index contributed by atoms with van der Waals surface area (Å²) in [5.41, 5.74) is 1.11. The van der Waals surface area contributed by atoms with E-state index >= 15 is 0 Å². The molecule has 0 aliphatic rings. The summed E-state index contributed by atoms with van der Waals surface area (Å²) in [6, 6.07) is 3.80. The van der Waals surface area contributed by atoms with E-state index in [2.05, 4.69) is 9.82 Å². The Hall–Kier alpha value is -1.13. The smallest absolute Gasteiger partial charge is 0.213 e. The second-order valence-electron chi connectivity index (χ2n) is 2.87. The standard InChI is InChI=1S/C9H14N2O2/c1-7(6-13-10)8-3-4-11-9(5-8)12-2/h3-5,7H,6,10H2,1-2H3. The maximum Gasteiger partial charge on any atom is 0.213 e. The molecular formula is C9H14N2O2. The topological polar surface area (TPSA) is 57.4 Å². The van der Waals surface area contributed by atoms with Crippen molar-refractivity contribution < 1.29 is 9.57 Å². The molecule has 0 bridgehead atoms. The van der Waals surface area contributed by atoms with Crippen molar-refractivity contribution in [2.45, 2.75) is 12.8 Å². The van der Waals surface area contributed by atoms with Crippen LogP contribution < -0.4 is 10.6 Å². The lowest BCUT2D eigenvalue weighted by molar-refractivity contribution is 0.126. The van der Waals surface area contributed by atoms with Crippen LogP contribution >= 0.6 is 0 Å². The molecule has 1 unspecified atom stereocenters. The highest BCUT2D eigenvalue weighted by Crippen LogP contribution is 2.17. The second-order valence-corrected chi connectivity index (χ2v) is 2.87. The molecule has 1 atom stereocenters. The van der Waals surface area contributed by atoms with E-state index in [-0.39, 0.29) is 5.92 Å². The van der Waals surface area contributed by atoms with Crippen molar-refractivity contribution in [3.8, 4) is 5.88 Å². The van der Waals surface area contributed by atoms with Crippen molar-refractivity contribution in [2.75, 3.05) is 13.7 Å². The summed E-state index contributed by atoms with van der Waals surface area (Å²) in [6.45, 7) is 2.52. The first-order valence-corrected chi connectivity index (χ1v) is 4.09. The van der Waals surface area contributed by atoms with E-state index in [0.29, 0.717) is 12.5 Å². The molecule has 2 N–H and O–H groups in total. The van der Waals surface area contributed by atoms with Crippen molar-refractivity contribution >= 4 is 0 Å². The molecule has 0 saturated heterocycles. The lowest BCUT2D eigenvalue weighted by Crippen LogP contribution is -2.08. The van der Waals surface area contributed by atoms with Crippen LogP contribution in [-0.2, 0) is 4.84 Å². The average Bonchev–Trinajstić information content (AvgIpc) is 2.18. The van der Waals surface area contributed by atoms with E-state index in [9.17, 15) is 0 Å². The Balaban J connectivity index is 2.75. The van der Waals surface area contributed by atoms with Gasteiger partial charge in [0, 0.05) is 18.2 Å². The SMILES string of the molecule is COc1cc(C(C)CON)ccn1. The number of methoxy groups -OCH3 is 1. The van der Waals surface area contributed by atoms with Crippen LogP contribution in [0.2, 0.25) is 0 Å². The maximum absolute atomic E-state index is 5.00. The van der Waals surface area contributed by atoms with E-state index < -0.39 is 0 Å². The van der Waals surface area contributed by atoms with Crippen LogP contribution in [0.1, 0.15) is 18.4 Å². The Labute approximate surface area is 77.6 Å². The summed E-state index contributed by atoms with van der Waals surface area (Å²) in [6.07, 6.45) is 1.71. The number of ether oxygens (including phenoxy) is 1. The van der Waals surface area contributed by atoms with Gasteiger partial charge in [-0.1, -0.05) is 6.92 Å². The van der Waals surface area contributed by atoms with Gasteiger partial charge in [-0.25, -0.2) is 10.9 Å². The first-order valence-electron chi connectivity index (χ1n) is 4.09. The monoisotopic (exact) mass is 182 g/mol. The highest BCUT2D eigenvalue weighted by Gasteiger charge is 2.06. The largest absolute Gasteiger partial charge is 0.481 e. The third kappa shape index (κ3) is 2.68. The Morgan fingerprint density at radius 2 is 2.38 bits per heavy atom. The molecule has 0 radical (unpaired) electrons. The Kier molecular flexibility index (Phi) is 3.67. The van der Waals surface area contributed by atoms with Gasteiger partial charge in [0.25, 0.3) is 0 Å². The van der Waals surface area contributed by atoms with Gasteiger partial charge in [-0.15, -0.1) is 0 Å². The van der Waals surface area contributed by atoms with E-state index in [0.717, 1.165) is 5.56 Å². The van der Waals surface area contributed by atoms with Gasteiger partial charge in [-0.05, 0) is 11.6 Å². The quantitative estimate of drug-likeness (QED) is 0.708. The maximum atomic E-state index is 5.00. The molecule has 72 valence electrons. The molecule has 1 aromatic heterocycles. The predicted molar refractivity (Wildman–Crippen MR) is 49.3 cm³/mol. The molecular weight excluding hydrogens is 168 g/mol. The van der Waals surface area contributed by atoms with E-state index in [1.54, 1.807) is 13.3 Å².